The van der Waals surface area contributed by atoms with Crippen LogP contribution in [0.2, 0.25) is 58.9 Å². The van der Waals surface area contributed by atoms with Crippen LogP contribution in [0.4, 0.5) is 0 Å². The van der Waals surface area contributed by atoms with Gasteiger partial charge in [-0.1, -0.05) is 0 Å². The van der Waals surface area contributed by atoms with Gasteiger partial charge in [0.05, 0.1) is 0 Å². The fourth-order valence-electron chi connectivity index (χ4n) is 2.71. The van der Waals surface area contributed by atoms with E-state index < -0.39 is 43.5 Å². The number of aliphatic hydroxyl groups excluding tert-OH is 1. The topological polar surface area (TPSA) is 83.2 Å². The summed E-state index contributed by atoms with van der Waals surface area (Å²) in [6.07, 6.45) is -2.68. The van der Waals surface area contributed by atoms with Crippen LogP contribution in [0.25, 0.3) is 0 Å². The average molecular weight is 396 g/mol. The van der Waals surface area contributed by atoms with E-state index in [0.717, 1.165) is 0 Å². The van der Waals surface area contributed by atoms with Crippen molar-refractivity contribution in [3.05, 3.63) is 0 Å². The second kappa shape index (κ2) is 7.97. The van der Waals surface area contributed by atoms with Crippen molar-refractivity contribution < 1.29 is 23.1 Å². The minimum Gasteiger partial charge on any atom is -0.409 e. The molecular weight excluding hydrogens is 358 g/mol. The minimum atomic E-state index is -1.90. The van der Waals surface area contributed by atoms with E-state index in [0.29, 0.717) is 0 Å². The van der Waals surface area contributed by atoms with Crippen LogP contribution in [-0.2, 0) is 18.0 Å². The Hall–Kier alpha value is 0.411. The standard InChI is InChI=1S/C15H37NO5Si3/c1-22(2,3)19-12-11(10-16)18-15(17)14(21-24(7,8)9)13(12)20-23(4,5)6/h11-15,17H,10,16H2,1-9H3/t11-,12-,13+,14-,15-/m1/s1. The van der Waals surface area contributed by atoms with Gasteiger partial charge in [-0.2, -0.15) is 0 Å². The third kappa shape index (κ3) is 7.34. The Balaban J connectivity index is 3.20. The first-order valence-electron chi connectivity index (χ1n) is 8.70. The lowest BCUT2D eigenvalue weighted by molar-refractivity contribution is -0.268. The SMILES string of the molecule is C[Si](C)(C)O[C@@H]1[C@@H](O[Si](C)(C)C)[C@H](O)O[C@H](CN)[C@H]1O[Si](C)(C)C. The lowest BCUT2D eigenvalue weighted by atomic mass is 9.99. The van der Waals surface area contributed by atoms with E-state index in [1.54, 1.807) is 0 Å². The fraction of sp³-hybridized carbons (Fsp3) is 1.00. The highest BCUT2D eigenvalue weighted by Crippen LogP contribution is 2.32. The third-order valence-electron chi connectivity index (χ3n) is 3.31. The van der Waals surface area contributed by atoms with Crippen LogP contribution >= 0.6 is 0 Å². The molecule has 0 bridgehead atoms. The summed E-state index contributed by atoms with van der Waals surface area (Å²) in [7, 11) is -5.65. The van der Waals surface area contributed by atoms with Crippen molar-refractivity contribution in [1.29, 1.82) is 0 Å². The Kier molecular flexibility index (Phi) is 7.46. The second-order valence-electron chi connectivity index (χ2n) is 9.39. The number of nitrogens with two attached hydrogens (primary N) is 1. The van der Waals surface area contributed by atoms with E-state index in [9.17, 15) is 5.11 Å². The molecule has 1 rings (SSSR count). The van der Waals surface area contributed by atoms with Gasteiger partial charge in [0.25, 0.3) is 0 Å². The molecule has 0 aromatic rings. The zero-order valence-corrected chi connectivity index (χ0v) is 19.8. The Morgan fingerprint density at radius 2 is 1.12 bits per heavy atom. The number of rotatable bonds is 7. The first-order chi connectivity index (χ1) is 10.6. The quantitative estimate of drug-likeness (QED) is 0.644. The van der Waals surface area contributed by atoms with Gasteiger partial charge >= 0.3 is 0 Å². The monoisotopic (exact) mass is 395 g/mol. The highest BCUT2D eigenvalue weighted by molar-refractivity contribution is 6.70. The second-order valence-corrected chi connectivity index (χ2v) is 22.8. The first kappa shape index (κ1) is 22.5. The van der Waals surface area contributed by atoms with Gasteiger partial charge < -0.3 is 28.9 Å². The fourth-order valence-corrected chi connectivity index (χ4v) is 5.97. The van der Waals surface area contributed by atoms with Gasteiger partial charge in [0.1, 0.15) is 24.4 Å². The average Bonchev–Trinajstić information content (AvgIpc) is 2.32. The van der Waals surface area contributed by atoms with E-state index in [-0.39, 0.29) is 18.8 Å². The van der Waals surface area contributed by atoms with Crippen LogP contribution in [0, 0.1) is 0 Å². The van der Waals surface area contributed by atoms with Crippen molar-refractivity contribution in [1.82, 2.24) is 0 Å². The molecule has 1 saturated heterocycles. The van der Waals surface area contributed by atoms with E-state index in [1.807, 2.05) is 0 Å². The van der Waals surface area contributed by atoms with Crippen molar-refractivity contribution in [3.8, 4) is 0 Å². The summed E-state index contributed by atoms with van der Waals surface area (Å²) in [5, 5.41) is 10.5. The van der Waals surface area contributed by atoms with Crippen molar-refractivity contribution >= 4 is 25.0 Å². The van der Waals surface area contributed by atoms with Crippen LogP contribution in [-0.4, -0.2) is 67.3 Å². The summed E-state index contributed by atoms with van der Waals surface area (Å²) in [4.78, 5) is 0. The molecule has 1 heterocycles. The summed E-state index contributed by atoms with van der Waals surface area (Å²) in [6, 6.07) is 0. The van der Waals surface area contributed by atoms with Crippen LogP contribution in [0.15, 0.2) is 0 Å². The lowest BCUT2D eigenvalue weighted by Gasteiger charge is -2.49. The van der Waals surface area contributed by atoms with Gasteiger partial charge in [0.15, 0.2) is 31.2 Å². The molecule has 3 N–H and O–H groups in total. The maximum atomic E-state index is 10.5. The molecule has 0 unspecified atom stereocenters. The van der Waals surface area contributed by atoms with Gasteiger partial charge in [-0.25, -0.2) is 0 Å². The Morgan fingerprint density at radius 1 is 0.750 bits per heavy atom. The van der Waals surface area contributed by atoms with E-state index in [2.05, 4.69) is 58.9 Å². The van der Waals surface area contributed by atoms with E-state index in [1.165, 1.54) is 0 Å². The normalized spacial score (nSPS) is 32.9. The maximum absolute atomic E-state index is 10.5. The Labute approximate surface area is 150 Å². The van der Waals surface area contributed by atoms with Crippen molar-refractivity contribution in [2.24, 2.45) is 5.73 Å². The van der Waals surface area contributed by atoms with E-state index in [4.69, 9.17) is 23.7 Å². The largest absolute Gasteiger partial charge is 0.409 e. The molecular formula is C15H37NO5Si3. The Morgan fingerprint density at radius 3 is 1.50 bits per heavy atom. The molecule has 0 amide bonds. The summed E-state index contributed by atoms with van der Waals surface area (Å²) in [5.74, 6) is 0. The smallest absolute Gasteiger partial charge is 0.184 e. The highest BCUT2D eigenvalue weighted by atomic mass is 28.4. The number of ether oxygens (including phenoxy) is 1. The Bertz CT molecular complexity index is 405. The summed E-state index contributed by atoms with van der Waals surface area (Å²) in [5.41, 5.74) is 5.90. The van der Waals surface area contributed by atoms with Gasteiger partial charge in [-0.05, 0) is 58.9 Å². The number of hydrogen-bond acceptors (Lipinski definition) is 6. The third-order valence-corrected chi connectivity index (χ3v) is 6.25. The molecule has 0 radical (unpaired) electrons. The van der Waals surface area contributed by atoms with Crippen LogP contribution in [0.5, 0.6) is 0 Å². The molecule has 0 saturated carbocycles. The zero-order valence-electron chi connectivity index (χ0n) is 16.8. The molecule has 0 aromatic heterocycles. The van der Waals surface area contributed by atoms with Crippen LogP contribution in [0.3, 0.4) is 0 Å². The number of aliphatic hydroxyl groups is 1. The van der Waals surface area contributed by atoms with Crippen molar-refractivity contribution in [2.45, 2.75) is 89.6 Å². The van der Waals surface area contributed by atoms with Crippen LogP contribution < -0.4 is 5.73 Å². The molecule has 0 aliphatic carbocycles. The van der Waals surface area contributed by atoms with Gasteiger partial charge in [-0.3, -0.25) is 0 Å². The van der Waals surface area contributed by atoms with Gasteiger partial charge in [0, 0.05) is 6.54 Å². The van der Waals surface area contributed by atoms with Gasteiger partial charge in [0.2, 0.25) is 0 Å². The summed E-state index contributed by atoms with van der Waals surface area (Å²) in [6.45, 7) is 19.3. The highest BCUT2D eigenvalue weighted by Gasteiger charge is 2.50. The predicted molar refractivity (Wildman–Crippen MR) is 105 cm³/mol. The van der Waals surface area contributed by atoms with Crippen molar-refractivity contribution in [3.63, 3.8) is 0 Å². The lowest BCUT2D eigenvalue weighted by Crippen LogP contribution is -2.66. The molecule has 1 fully saturated rings. The molecule has 0 aromatic carbocycles. The van der Waals surface area contributed by atoms with E-state index >= 15 is 0 Å². The molecule has 6 nitrogen and oxygen atoms in total. The first-order valence-corrected chi connectivity index (χ1v) is 18.9. The minimum absolute atomic E-state index is 0.275. The number of hydrogen-bond donors (Lipinski definition) is 2. The summed E-state index contributed by atoms with van der Waals surface area (Å²) < 4.78 is 24.8. The molecule has 1 aliphatic rings. The molecule has 24 heavy (non-hydrogen) atoms. The zero-order chi connectivity index (χ0) is 18.9. The van der Waals surface area contributed by atoms with Crippen LogP contribution in [0.1, 0.15) is 0 Å². The maximum Gasteiger partial charge on any atom is 0.184 e. The van der Waals surface area contributed by atoms with Crippen molar-refractivity contribution in [2.75, 3.05) is 6.54 Å². The molecule has 5 atom stereocenters. The predicted octanol–water partition coefficient (Wildman–Crippen LogP) is 2.32. The molecule has 9 heteroatoms. The molecule has 1 aliphatic heterocycles. The molecule has 0 spiro atoms. The van der Waals surface area contributed by atoms with Gasteiger partial charge in [-0.15, -0.1) is 0 Å². The summed E-state index contributed by atoms with van der Waals surface area (Å²) >= 11 is 0. The molecule has 144 valence electrons.